The molecule has 0 saturated heterocycles. The number of hydrogen-bond acceptors (Lipinski definition) is 7. The normalized spacial score (nSPS) is 11.9. The first kappa shape index (κ1) is 16.8. The van der Waals surface area contributed by atoms with Crippen LogP contribution in [0.15, 0.2) is 48.8 Å². The van der Waals surface area contributed by atoms with Gasteiger partial charge in [-0.25, -0.2) is 9.97 Å². The second-order valence-electron chi connectivity index (χ2n) is 5.92. The van der Waals surface area contributed by atoms with Gasteiger partial charge in [0.05, 0.1) is 0 Å². The summed E-state index contributed by atoms with van der Waals surface area (Å²) in [7, 11) is 0. The maximum atomic E-state index is 12.4. The monoisotopic (exact) mass is 363 g/mol. The van der Waals surface area contributed by atoms with E-state index in [9.17, 15) is 4.79 Å². The van der Waals surface area contributed by atoms with Crippen molar-refractivity contribution in [2.75, 3.05) is 12.1 Å². The van der Waals surface area contributed by atoms with Gasteiger partial charge < -0.3 is 20.1 Å². The van der Waals surface area contributed by atoms with E-state index in [4.69, 9.17) is 9.47 Å². The third-order valence-electron chi connectivity index (χ3n) is 3.92. The fourth-order valence-corrected chi connectivity index (χ4v) is 2.64. The molecule has 2 N–H and O–H groups in total. The number of benzene rings is 1. The van der Waals surface area contributed by atoms with Gasteiger partial charge >= 0.3 is 0 Å². The van der Waals surface area contributed by atoms with Gasteiger partial charge in [-0.15, -0.1) is 0 Å². The summed E-state index contributed by atoms with van der Waals surface area (Å²) in [4.78, 5) is 25.0. The molecule has 2 aromatic heterocycles. The summed E-state index contributed by atoms with van der Waals surface area (Å²) in [6.07, 6.45) is 3.37. The summed E-state index contributed by atoms with van der Waals surface area (Å²) in [5, 5.41) is 6.01. The van der Waals surface area contributed by atoms with Crippen molar-refractivity contribution < 1.29 is 14.3 Å². The van der Waals surface area contributed by atoms with Crippen LogP contribution in [0.1, 0.15) is 21.9 Å². The zero-order valence-electron chi connectivity index (χ0n) is 14.6. The van der Waals surface area contributed by atoms with E-state index in [0.29, 0.717) is 35.4 Å². The third kappa shape index (κ3) is 3.95. The molecule has 0 bridgehead atoms. The highest BCUT2D eigenvalue weighted by atomic mass is 16.7. The molecular formula is C19H17N5O3. The fraction of sp³-hybridized carbons (Fsp3) is 0.158. The molecule has 0 fully saturated rings. The van der Waals surface area contributed by atoms with Crippen LogP contribution in [0.5, 0.6) is 11.5 Å². The Balaban J connectivity index is 1.48. The van der Waals surface area contributed by atoms with E-state index in [1.165, 1.54) is 0 Å². The van der Waals surface area contributed by atoms with E-state index < -0.39 is 0 Å². The minimum Gasteiger partial charge on any atom is -0.454 e. The molecule has 1 aliphatic rings. The van der Waals surface area contributed by atoms with Crippen molar-refractivity contribution in [1.82, 2.24) is 20.3 Å². The number of hydrogen-bond donors (Lipinski definition) is 2. The molecule has 8 nitrogen and oxygen atoms in total. The Morgan fingerprint density at radius 3 is 2.74 bits per heavy atom. The topological polar surface area (TPSA) is 98.3 Å². The standard InChI is InChI=1S/C19H17N5O3/c1-12-22-15(19(25)21-10-13-4-6-20-7-5-13)9-18(23-12)24-14-2-3-16-17(8-14)27-11-26-16/h2-9H,10-11H2,1H3,(H,21,25)(H,22,23,24). The lowest BCUT2D eigenvalue weighted by molar-refractivity contribution is 0.0945. The summed E-state index contributed by atoms with van der Waals surface area (Å²) < 4.78 is 10.7. The van der Waals surface area contributed by atoms with Crippen molar-refractivity contribution in [2.45, 2.75) is 13.5 Å². The highest BCUT2D eigenvalue weighted by molar-refractivity contribution is 5.93. The Morgan fingerprint density at radius 1 is 1.07 bits per heavy atom. The Kier molecular flexibility index (Phi) is 4.52. The third-order valence-corrected chi connectivity index (χ3v) is 3.92. The molecule has 3 aromatic rings. The van der Waals surface area contributed by atoms with Crippen LogP contribution in [-0.2, 0) is 6.54 Å². The van der Waals surface area contributed by atoms with Crippen LogP contribution < -0.4 is 20.1 Å². The molecule has 0 saturated carbocycles. The number of anilines is 2. The number of nitrogens with one attached hydrogen (secondary N) is 2. The fourth-order valence-electron chi connectivity index (χ4n) is 2.64. The van der Waals surface area contributed by atoms with E-state index in [1.54, 1.807) is 25.4 Å². The van der Waals surface area contributed by atoms with Gasteiger partial charge in [0.25, 0.3) is 5.91 Å². The van der Waals surface area contributed by atoms with E-state index in [1.807, 2.05) is 30.3 Å². The number of aromatic nitrogens is 3. The summed E-state index contributed by atoms with van der Waals surface area (Å²) in [5.74, 6) is 2.12. The lowest BCUT2D eigenvalue weighted by Gasteiger charge is -2.10. The average Bonchev–Trinajstić information content (AvgIpc) is 3.14. The van der Waals surface area contributed by atoms with Crippen LogP contribution in [0.2, 0.25) is 0 Å². The second kappa shape index (κ2) is 7.28. The Labute approximate surface area is 155 Å². The van der Waals surface area contributed by atoms with Gasteiger partial charge in [-0.3, -0.25) is 9.78 Å². The van der Waals surface area contributed by atoms with Crippen molar-refractivity contribution in [3.63, 3.8) is 0 Å². The van der Waals surface area contributed by atoms with E-state index in [-0.39, 0.29) is 12.7 Å². The molecule has 136 valence electrons. The molecule has 4 rings (SSSR count). The van der Waals surface area contributed by atoms with Crippen molar-refractivity contribution >= 4 is 17.4 Å². The predicted octanol–water partition coefficient (Wildman–Crippen LogP) is 2.58. The molecule has 0 spiro atoms. The summed E-state index contributed by atoms with van der Waals surface area (Å²) in [6, 6.07) is 10.8. The first-order chi connectivity index (χ1) is 13.2. The number of rotatable bonds is 5. The van der Waals surface area contributed by atoms with Crippen LogP contribution in [0.25, 0.3) is 0 Å². The zero-order valence-corrected chi connectivity index (χ0v) is 14.6. The molecule has 0 radical (unpaired) electrons. The Bertz CT molecular complexity index is 978. The van der Waals surface area contributed by atoms with Crippen molar-refractivity contribution in [3.8, 4) is 11.5 Å². The number of ether oxygens (including phenoxy) is 2. The van der Waals surface area contributed by atoms with Crippen LogP contribution in [0.3, 0.4) is 0 Å². The highest BCUT2D eigenvalue weighted by Gasteiger charge is 2.14. The quantitative estimate of drug-likeness (QED) is 0.719. The number of pyridine rings is 1. The zero-order chi connectivity index (χ0) is 18.6. The summed E-state index contributed by atoms with van der Waals surface area (Å²) in [5.41, 5.74) is 2.03. The molecule has 27 heavy (non-hydrogen) atoms. The predicted molar refractivity (Wildman–Crippen MR) is 98.0 cm³/mol. The lowest BCUT2D eigenvalue weighted by atomic mass is 10.2. The first-order valence-electron chi connectivity index (χ1n) is 8.37. The number of carbonyl (C=O) groups is 1. The minimum absolute atomic E-state index is 0.215. The number of amides is 1. The largest absolute Gasteiger partial charge is 0.454 e. The Morgan fingerprint density at radius 2 is 1.89 bits per heavy atom. The van der Waals surface area contributed by atoms with E-state index >= 15 is 0 Å². The number of nitrogens with zero attached hydrogens (tertiary/aromatic N) is 3. The minimum atomic E-state index is -0.272. The molecule has 1 amide bonds. The van der Waals surface area contributed by atoms with Crippen molar-refractivity contribution in [2.24, 2.45) is 0 Å². The summed E-state index contributed by atoms with van der Waals surface area (Å²) in [6.45, 7) is 2.35. The van der Waals surface area contributed by atoms with Gasteiger partial charge in [0.2, 0.25) is 6.79 Å². The molecule has 1 aliphatic heterocycles. The van der Waals surface area contributed by atoms with Crippen LogP contribution in [-0.4, -0.2) is 27.7 Å². The van der Waals surface area contributed by atoms with Crippen LogP contribution in [0.4, 0.5) is 11.5 Å². The van der Waals surface area contributed by atoms with Crippen LogP contribution in [0, 0.1) is 6.92 Å². The second-order valence-corrected chi connectivity index (χ2v) is 5.92. The molecule has 0 aliphatic carbocycles. The molecule has 0 atom stereocenters. The highest BCUT2D eigenvalue weighted by Crippen LogP contribution is 2.34. The molecule has 0 unspecified atom stereocenters. The maximum absolute atomic E-state index is 12.4. The molecule has 3 heterocycles. The van der Waals surface area contributed by atoms with Gasteiger partial charge in [0, 0.05) is 36.8 Å². The SMILES string of the molecule is Cc1nc(Nc2ccc3c(c2)OCO3)cc(C(=O)NCc2ccncc2)n1. The van der Waals surface area contributed by atoms with Crippen molar-refractivity contribution in [3.05, 3.63) is 65.9 Å². The van der Waals surface area contributed by atoms with Gasteiger partial charge in [-0.2, -0.15) is 0 Å². The smallest absolute Gasteiger partial charge is 0.270 e. The summed E-state index contributed by atoms with van der Waals surface area (Å²) >= 11 is 0. The number of aryl methyl sites for hydroxylation is 1. The van der Waals surface area contributed by atoms with E-state index in [2.05, 4.69) is 25.6 Å². The van der Waals surface area contributed by atoms with Crippen molar-refractivity contribution in [1.29, 1.82) is 0 Å². The average molecular weight is 363 g/mol. The van der Waals surface area contributed by atoms with Gasteiger partial charge in [0.15, 0.2) is 11.5 Å². The number of fused-ring (bicyclic) bond motifs is 1. The lowest BCUT2D eigenvalue weighted by Crippen LogP contribution is -2.24. The van der Waals surface area contributed by atoms with Gasteiger partial charge in [-0.1, -0.05) is 0 Å². The molecule has 1 aromatic carbocycles. The van der Waals surface area contributed by atoms with Gasteiger partial charge in [0.1, 0.15) is 17.3 Å². The number of carbonyl (C=O) groups excluding carboxylic acids is 1. The van der Waals surface area contributed by atoms with E-state index in [0.717, 1.165) is 11.3 Å². The maximum Gasteiger partial charge on any atom is 0.270 e. The molecular weight excluding hydrogens is 346 g/mol. The molecule has 8 heteroatoms. The first-order valence-corrected chi connectivity index (χ1v) is 8.37. The van der Waals surface area contributed by atoms with Crippen LogP contribution >= 0.6 is 0 Å². The van der Waals surface area contributed by atoms with Gasteiger partial charge in [-0.05, 0) is 36.8 Å². The Hall–Kier alpha value is -3.68.